The topological polar surface area (TPSA) is 64.0 Å². The molecule has 4 aromatic rings. The molecule has 3 aromatic carbocycles. The summed E-state index contributed by atoms with van der Waals surface area (Å²) >= 11 is 0. The molecule has 0 spiro atoms. The second kappa shape index (κ2) is 7.25. The van der Waals surface area contributed by atoms with Crippen LogP contribution in [0.25, 0.3) is 22.2 Å². The second-order valence-electron chi connectivity index (χ2n) is 6.13. The molecule has 0 fully saturated rings. The quantitative estimate of drug-likeness (QED) is 0.607. The lowest BCUT2D eigenvalue weighted by atomic mass is 10.1. The minimum absolute atomic E-state index is 0.101. The number of hydrogen-bond acceptors (Lipinski definition) is 3. The average Bonchev–Trinajstić information content (AvgIpc) is 2.71. The van der Waals surface area contributed by atoms with Crippen LogP contribution in [0.5, 0.6) is 0 Å². The zero-order valence-electron chi connectivity index (χ0n) is 14.5. The van der Waals surface area contributed by atoms with Gasteiger partial charge in [0.25, 0.3) is 0 Å². The van der Waals surface area contributed by atoms with Gasteiger partial charge in [0.1, 0.15) is 6.54 Å². The van der Waals surface area contributed by atoms with Gasteiger partial charge in [-0.3, -0.25) is 9.36 Å². The second-order valence-corrected chi connectivity index (χ2v) is 6.13. The van der Waals surface area contributed by atoms with Crippen molar-refractivity contribution in [1.82, 2.24) is 9.55 Å². The Morgan fingerprint density at radius 2 is 1.48 bits per heavy atom. The number of benzene rings is 3. The Morgan fingerprint density at radius 1 is 0.852 bits per heavy atom. The first-order valence-electron chi connectivity index (χ1n) is 8.62. The van der Waals surface area contributed by atoms with E-state index in [0.29, 0.717) is 16.9 Å². The lowest BCUT2D eigenvalue weighted by molar-refractivity contribution is -0.116. The van der Waals surface area contributed by atoms with Crippen molar-refractivity contribution >= 4 is 22.5 Å². The highest BCUT2D eigenvalue weighted by Gasteiger charge is 2.14. The van der Waals surface area contributed by atoms with Crippen LogP contribution in [0.2, 0.25) is 0 Å². The van der Waals surface area contributed by atoms with Crippen molar-refractivity contribution in [2.45, 2.75) is 6.54 Å². The summed E-state index contributed by atoms with van der Waals surface area (Å²) in [4.78, 5) is 29.4. The smallest absolute Gasteiger partial charge is 0.325 e. The Kier molecular flexibility index (Phi) is 4.49. The summed E-state index contributed by atoms with van der Waals surface area (Å²) in [6.07, 6.45) is 0. The predicted molar refractivity (Wildman–Crippen MR) is 107 cm³/mol. The molecule has 0 aliphatic heterocycles. The first kappa shape index (κ1) is 16.7. The van der Waals surface area contributed by atoms with Gasteiger partial charge in [-0.2, -0.15) is 4.98 Å². The van der Waals surface area contributed by atoms with Crippen molar-refractivity contribution in [3.63, 3.8) is 0 Å². The van der Waals surface area contributed by atoms with Gasteiger partial charge >= 0.3 is 5.69 Å². The molecule has 5 nitrogen and oxygen atoms in total. The minimum Gasteiger partial charge on any atom is -0.325 e. The highest BCUT2D eigenvalue weighted by atomic mass is 16.2. The van der Waals surface area contributed by atoms with Crippen LogP contribution in [0, 0.1) is 0 Å². The first-order chi connectivity index (χ1) is 13.2. The number of fused-ring (bicyclic) bond motifs is 1. The van der Waals surface area contributed by atoms with E-state index in [-0.39, 0.29) is 12.5 Å². The maximum absolute atomic E-state index is 12.7. The molecule has 1 amide bonds. The van der Waals surface area contributed by atoms with Gasteiger partial charge < -0.3 is 5.32 Å². The van der Waals surface area contributed by atoms with Crippen LogP contribution in [-0.2, 0) is 11.3 Å². The number of nitrogens with one attached hydrogen (secondary N) is 1. The van der Waals surface area contributed by atoms with Gasteiger partial charge in [0.15, 0.2) is 0 Å². The minimum atomic E-state index is -0.448. The fourth-order valence-electron chi connectivity index (χ4n) is 3.06. The van der Waals surface area contributed by atoms with Crippen LogP contribution >= 0.6 is 0 Å². The van der Waals surface area contributed by atoms with Crippen molar-refractivity contribution in [2.75, 3.05) is 5.32 Å². The lowest BCUT2D eigenvalue weighted by Crippen LogP contribution is -2.30. The summed E-state index contributed by atoms with van der Waals surface area (Å²) < 4.78 is 1.40. The van der Waals surface area contributed by atoms with Crippen LogP contribution in [0.4, 0.5) is 5.69 Å². The molecule has 0 saturated carbocycles. The van der Waals surface area contributed by atoms with E-state index in [9.17, 15) is 9.59 Å². The number of carbonyl (C=O) groups is 1. The van der Waals surface area contributed by atoms with Crippen molar-refractivity contribution in [2.24, 2.45) is 0 Å². The van der Waals surface area contributed by atoms with Crippen LogP contribution in [0.15, 0.2) is 89.7 Å². The SMILES string of the molecule is O=C(Cn1c(=O)nc(-c2ccccc2)c2ccccc21)Nc1ccccc1. The van der Waals surface area contributed by atoms with Gasteiger partial charge in [0, 0.05) is 16.6 Å². The first-order valence-corrected chi connectivity index (χ1v) is 8.62. The lowest BCUT2D eigenvalue weighted by Gasteiger charge is -2.13. The molecule has 132 valence electrons. The summed E-state index contributed by atoms with van der Waals surface area (Å²) in [5.41, 5.74) is 2.41. The van der Waals surface area contributed by atoms with Gasteiger partial charge in [-0.1, -0.05) is 66.7 Å². The van der Waals surface area contributed by atoms with E-state index in [0.717, 1.165) is 10.9 Å². The number of amides is 1. The van der Waals surface area contributed by atoms with E-state index in [1.807, 2.05) is 72.8 Å². The van der Waals surface area contributed by atoms with Gasteiger partial charge in [-0.05, 0) is 18.2 Å². The van der Waals surface area contributed by atoms with Crippen LogP contribution in [0.1, 0.15) is 0 Å². The Morgan fingerprint density at radius 3 is 2.22 bits per heavy atom. The Balaban J connectivity index is 1.75. The molecule has 1 aromatic heterocycles. The van der Waals surface area contributed by atoms with Crippen molar-refractivity contribution < 1.29 is 4.79 Å². The zero-order chi connectivity index (χ0) is 18.6. The number of hydrogen-bond donors (Lipinski definition) is 1. The Labute approximate surface area is 155 Å². The molecule has 1 N–H and O–H groups in total. The maximum Gasteiger partial charge on any atom is 0.349 e. The van der Waals surface area contributed by atoms with E-state index in [4.69, 9.17) is 0 Å². The Bertz CT molecular complexity index is 1150. The number of anilines is 1. The molecule has 1 heterocycles. The van der Waals surface area contributed by atoms with Crippen LogP contribution in [-0.4, -0.2) is 15.5 Å². The molecule has 0 aliphatic rings. The van der Waals surface area contributed by atoms with Crippen molar-refractivity contribution in [3.8, 4) is 11.3 Å². The summed E-state index contributed by atoms with van der Waals surface area (Å²) in [7, 11) is 0. The summed E-state index contributed by atoms with van der Waals surface area (Å²) in [5, 5.41) is 3.63. The number of aromatic nitrogens is 2. The molecule has 5 heteroatoms. The fourth-order valence-corrected chi connectivity index (χ4v) is 3.06. The molecular weight excluding hydrogens is 338 g/mol. The van der Waals surface area contributed by atoms with Gasteiger partial charge in [0.2, 0.25) is 5.91 Å². The summed E-state index contributed by atoms with van der Waals surface area (Å²) in [6, 6.07) is 26.2. The molecule has 0 radical (unpaired) electrons. The fraction of sp³-hybridized carbons (Fsp3) is 0.0455. The van der Waals surface area contributed by atoms with E-state index >= 15 is 0 Å². The number of para-hydroxylation sites is 2. The molecule has 0 saturated heterocycles. The largest absolute Gasteiger partial charge is 0.349 e. The number of rotatable bonds is 4. The van der Waals surface area contributed by atoms with Gasteiger partial charge in [-0.25, -0.2) is 4.79 Å². The third kappa shape index (κ3) is 3.48. The van der Waals surface area contributed by atoms with Crippen molar-refractivity contribution in [1.29, 1.82) is 0 Å². The highest BCUT2D eigenvalue weighted by Crippen LogP contribution is 2.24. The van der Waals surface area contributed by atoms with E-state index in [2.05, 4.69) is 10.3 Å². The predicted octanol–water partition coefficient (Wildman–Crippen LogP) is 3.70. The van der Waals surface area contributed by atoms with Gasteiger partial charge in [-0.15, -0.1) is 0 Å². The van der Waals surface area contributed by atoms with Crippen LogP contribution in [0.3, 0.4) is 0 Å². The normalized spacial score (nSPS) is 10.7. The van der Waals surface area contributed by atoms with E-state index < -0.39 is 5.69 Å². The maximum atomic E-state index is 12.7. The molecule has 0 bridgehead atoms. The number of carbonyl (C=O) groups excluding carboxylic acids is 1. The van der Waals surface area contributed by atoms with Crippen molar-refractivity contribution in [3.05, 3.63) is 95.4 Å². The molecular formula is C22H17N3O2. The third-order valence-corrected chi connectivity index (χ3v) is 4.29. The van der Waals surface area contributed by atoms with Crippen LogP contribution < -0.4 is 11.0 Å². The van der Waals surface area contributed by atoms with Gasteiger partial charge in [0.05, 0.1) is 11.2 Å². The zero-order valence-corrected chi connectivity index (χ0v) is 14.5. The molecule has 0 aliphatic carbocycles. The molecule has 27 heavy (non-hydrogen) atoms. The standard InChI is InChI=1S/C22H17N3O2/c26-20(23-17-11-5-2-6-12-17)15-25-19-14-8-7-13-18(19)21(24-22(25)27)16-9-3-1-4-10-16/h1-14H,15H2,(H,23,26). The van der Waals surface area contributed by atoms with E-state index in [1.54, 1.807) is 12.1 Å². The van der Waals surface area contributed by atoms with E-state index in [1.165, 1.54) is 4.57 Å². The monoisotopic (exact) mass is 355 g/mol. The average molecular weight is 355 g/mol. The molecule has 0 atom stereocenters. The summed E-state index contributed by atoms with van der Waals surface area (Å²) in [6.45, 7) is -0.101. The Hall–Kier alpha value is -3.73. The third-order valence-electron chi connectivity index (χ3n) is 4.29. The number of nitrogens with zero attached hydrogens (tertiary/aromatic N) is 2. The highest BCUT2D eigenvalue weighted by molar-refractivity contribution is 5.95. The molecule has 4 rings (SSSR count). The molecule has 0 unspecified atom stereocenters. The summed E-state index contributed by atoms with van der Waals surface area (Å²) in [5.74, 6) is -0.275.